The van der Waals surface area contributed by atoms with Crippen molar-refractivity contribution in [2.45, 2.75) is 40.0 Å². The van der Waals surface area contributed by atoms with Crippen molar-refractivity contribution in [3.8, 4) is 5.75 Å². The van der Waals surface area contributed by atoms with Gasteiger partial charge in [0.15, 0.2) is 0 Å². The first kappa shape index (κ1) is 18.1. The molecule has 26 heavy (non-hydrogen) atoms. The molecule has 2 aromatic carbocycles. The maximum absolute atomic E-state index is 12.6. The highest BCUT2D eigenvalue weighted by Gasteiger charge is 2.15. The Labute approximate surface area is 154 Å². The second-order valence-electron chi connectivity index (χ2n) is 6.77. The maximum atomic E-state index is 12.6. The smallest absolute Gasteiger partial charge is 0.229 e. The molecular formula is C22H25NO3. The SMILES string of the molecule is CCOc1ccccc1NC(=O)Cc1coc2cc(C)c(C(C)C)cc12. The quantitative estimate of drug-likeness (QED) is 0.643. The molecule has 136 valence electrons. The van der Waals surface area contributed by atoms with Gasteiger partial charge in [-0.3, -0.25) is 4.79 Å². The van der Waals surface area contributed by atoms with Crippen LogP contribution in [0.3, 0.4) is 0 Å². The van der Waals surface area contributed by atoms with Crippen LogP contribution in [0.2, 0.25) is 0 Å². The fraction of sp³-hybridized carbons (Fsp3) is 0.318. The summed E-state index contributed by atoms with van der Waals surface area (Å²) in [4.78, 5) is 12.6. The van der Waals surface area contributed by atoms with E-state index < -0.39 is 0 Å². The Hall–Kier alpha value is -2.75. The van der Waals surface area contributed by atoms with Crippen LogP contribution in [0.1, 0.15) is 43.4 Å². The van der Waals surface area contributed by atoms with Gasteiger partial charge in [-0.1, -0.05) is 26.0 Å². The highest BCUT2D eigenvalue weighted by molar-refractivity contribution is 5.96. The van der Waals surface area contributed by atoms with E-state index in [4.69, 9.17) is 9.15 Å². The van der Waals surface area contributed by atoms with E-state index in [2.05, 4.69) is 38.2 Å². The Morgan fingerprint density at radius 2 is 2.00 bits per heavy atom. The average molecular weight is 351 g/mol. The first-order valence-corrected chi connectivity index (χ1v) is 9.02. The fourth-order valence-corrected chi connectivity index (χ4v) is 3.22. The van der Waals surface area contributed by atoms with Crippen molar-refractivity contribution in [3.63, 3.8) is 0 Å². The Bertz CT molecular complexity index is 924. The molecule has 0 aliphatic rings. The van der Waals surface area contributed by atoms with Crippen LogP contribution >= 0.6 is 0 Å². The third-order valence-corrected chi connectivity index (χ3v) is 4.48. The van der Waals surface area contributed by atoms with Crippen LogP contribution in [-0.4, -0.2) is 12.5 Å². The Balaban J connectivity index is 1.83. The molecule has 0 saturated carbocycles. The topological polar surface area (TPSA) is 51.5 Å². The van der Waals surface area contributed by atoms with Gasteiger partial charge in [0.05, 0.1) is 25.0 Å². The molecule has 0 saturated heterocycles. The van der Waals surface area contributed by atoms with E-state index in [0.717, 1.165) is 16.5 Å². The zero-order valence-corrected chi connectivity index (χ0v) is 15.8. The summed E-state index contributed by atoms with van der Waals surface area (Å²) in [5, 5.41) is 3.95. The number of carbonyl (C=O) groups is 1. The highest BCUT2D eigenvalue weighted by atomic mass is 16.5. The van der Waals surface area contributed by atoms with Crippen LogP contribution in [0, 0.1) is 6.92 Å². The van der Waals surface area contributed by atoms with Crippen LogP contribution in [0.15, 0.2) is 47.1 Å². The second-order valence-corrected chi connectivity index (χ2v) is 6.77. The summed E-state index contributed by atoms with van der Waals surface area (Å²) < 4.78 is 11.2. The van der Waals surface area contributed by atoms with Crippen molar-refractivity contribution in [1.29, 1.82) is 0 Å². The molecule has 0 fully saturated rings. The van der Waals surface area contributed by atoms with Gasteiger partial charge < -0.3 is 14.5 Å². The van der Waals surface area contributed by atoms with Crippen LogP contribution < -0.4 is 10.1 Å². The molecule has 1 heterocycles. The summed E-state index contributed by atoms with van der Waals surface area (Å²) in [6, 6.07) is 11.7. The second kappa shape index (κ2) is 7.65. The molecule has 3 rings (SSSR count). The third kappa shape index (κ3) is 3.74. The summed E-state index contributed by atoms with van der Waals surface area (Å²) in [6.45, 7) is 8.91. The molecule has 1 N–H and O–H groups in total. The maximum Gasteiger partial charge on any atom is 0.229 e. The standard InChI is InChI=1S/C22H25NO3/c1-5-25-20-9-7-6-8-19(20)23-22(24)11-16-13-26-21-10-15(4)17(14(2)3)12-18(16)21/h6-10,12-14H,5,11H2,1-4H3,(H,23,24). The Kier molecular flexibility index (Phi) is 5.31. The van der Waals surface area contributed by atoms with E-state index in [1.54, 1.807) is 6.26 Å². The predicted octanol–water partition coefficient (Wildman–Crippen LogP) is 5.44. The molecular weight excluding hydrogens is 326 g/mol. The number of furan rings is 1. The minimum atomic E-state index is -0.0912. The number of hydrogen-bond donors (Lipinski definition) is 1. The number of benzene rings is 2. The first-order valence-electron chi connectivity index (χ1n) is 9.02. The van der Waals surface area contributed by atoms with Crippen molar-refractivity contribution in [3.05, 3.63) is 59.4 Å². The lowest BCUT2D eigenvalue weighted by Crippen LogP contribution is -2.15. The first-order chi connectivity index (χ1) is 12.5. The van der Waals surface area contributed by atoms with Gasteiger partial charge in [0.2, 0.25) is 5.91 Å². The van der Waals surface area contributed by atoms with Crippen molar-refractivity contribution < 1.29 is 13.9 Å². The average Bonchev–Trinajstić information content (AvgIpc) is 2.97. The molecule has 0 aliphatic heterocycles. The van der Waals surface area contributed by atoms with Gasteiger partial charge in [-0.15, -0.1) is 0 Å². The highest BCUT2D eigenvalue weighted by Crippen LogP contribution is 2.30. The summed E-state index contributed by atoms with van der Waals surface area (Å²) >= 11 is 0. The summed E-state index contributed by atoms with van der Waals surface area (Å²) in [7, 11) is 0. The van der Waals surface area contributed by atoms with Gasteiger partial charge in [-0.05, 0) is 55.2 Å². The molecule has 3 aromatic rings. The lowest BCUT2D eigenvalue weighted by atomic mass is 9.95. The lowest BCUT2D eigenvalue weighted by molar-refractivity contribution is -0.115. The molecule has 0 spiro atoms. The van der Waals surface area contributed by atoms with Gasteiger partial charge in [-0.25, -0.2) is 0 Å². The van der Waals surface area contributed by atoms with E-state index in [9.17, 15) is 4.79 Å². The number of aryl methyl sites for hydroxylation is 1. The Morgan fingerprint density at radius 3 is 2.73 bits per heavy atom. The largest absolute Gasteiger partial charge is 0.492 e. The minimum absolute atomic E-state index is 0.0912. The van der Waals surface area contributed by atoms with E-state index in [0.29, 0.717) is 24.0 Å². The van der Waals surface area contributed by atoms with Crippen molar-refractivity contribution in [2.24, 2.45) is 0 Å². The van der Waals surface area contributed by atoms with Crippen molar-refractivity contribution >= 4 is 22.6 Å². The van der Waals surface area contributed by atoms with Crippen molar-refractivity contribution in [2.75, 3.05) is 11.9 Å². The summed E-state index contributed by atoms with van der Waals surface area (Å²) in [6.07, 6.45) is 1.94. The number of rotatable bonds is 6. The number of ether oxygens (including phenoxy) is 1. The van der Waals surface area contributed by atoms with Gasteiger partial charge in [0, 0.05) is 10.9 Å². The number of carbonyl (C=O) groups excluding carboxylic acids is 1. The van der Waals surface area contributed by atoms with Gasteiger partial charge in [0.1, 0.15) is 11.3 Å². The van der Waals surface area contributed by atoms with E-state index in [1.807, 2.05) is 31.2 Å². The van der Waals surface area contributed by atoms with Crippen molar-refractivity contribution in [1.82, 2.24) is 0 Å². The monoisotopic (exact) mass is 351 g/mol. The number of nitrogens with one attached hydrogen (secondary N) is 1. The fourth-order valence-electron chi connectivity index (χ4n) is 3.22. The van der Waals surface area contributed by atoms with Crippen LogP contribution in [-0.2, 0) is 11.2 Å². The number of anilines is 1. The molecule has 0 radical (unpaired) electrons. The molecule has 0 bridgehead atoms. The van der Waals surface area contributed by atoms with E-state index >= 15 is 0 Å². The number of hydrogen-bond acceptors (Lipinski definition) is 3. The number of para-hydroxylation sites is 2. The zero-order chi connectivity index (χ0) is 18.7. The van der Waals surface area contributed by atoms with Crippen LogP contribution in [0.5, 0.6) is 5.75 Å². The predicted molar refractivity (Wildman–Crippen MR) is 105 cm³/mol. The normalized spacial score (nSPS) is 11.1. The van der Waals surface area contributed by atoms with Gasteiger partial charge in [-0.2, -0.15) is 0 Å². The molecule has 1 amide bonds. The zero-order valence-electron chi connectivity index (χ0n) is 15.8. The van der Waals surface area contributed by atoms with Crippen LogP contribution in [0.25, 0.3) is 11.0 Å². The van der Waals surface area contributed by atoms with Crippen LogP contribution in [0.4, 0.5) is 5.69 Å². The molecule has 0 aliphatic carbocycles. The van der Waals surface area contributed by atoms with E-state index in [1.165, 1.54) is 11.1 Å². The lowest BCUT2D eigenvalue weighted by Gasteiger charge is -2.11. The summed E-state index contributed by atoms with van der Waals surface area (Å²) in [5.41, 5.74) is 4.90. The Morgan fingerprint density at radius 1 is 1.23 bits per heavy atom. The number of fused-ring (bicyclic) bond motifs is 1. The molecule has 1 aromatic heterocycles. The third-order valence-electron chi connectivity index (χ3n) is 4.48. The number of amides is 1. The molecule has 4 heteroatoms. The summed E-state index contributed by atoms with van der Waals surface area (Å²) in [5.74, 6) is 1.01. The van der Waals surface area contributed by atoms with Gasteiger partial charge in [0.25, 0.3) is 0 Å². The van der Waals surface area contributed by atoms with Gasteiger partial charge >= 0.3 is 0 Å². The molecule has 4 nitrogen and oxygen atoms in total. The van der Waals surface area contributed by atoms with E-state index in [-0.39, 0.29) is 12.3 Å². The molecule has 0 unspecified atom stereocenters. The minimum Gasteiger partial charge on any atom is -0.492 e. The molecule has 0 atom stereocenters.